The summed E-state index contributed by atoms with van der Waals surface area (Å²) < 4.78 is 13.3. The van der Waals surface area contributed by atoms with E-state index < -0.39 is 23.4 Å². The van der Waals surface area contributed by atoms with Gasteiger partial charge in [0.2, 0.25) is 0 Å². The van der Waals surface area contributed by atoms with Crippen LogP contribution in [0.2, 0.25) is 0 Å². The van der Waals surface area contributed by atoms with E-state index in [-0.39, 0.29) is 0 Å². The van der Waals surface area contributed by atoms with Crippen LogP contribution in [0.25, 0.3) is 0 Å². The predicted octanol–water partition coefficient (Wildman–Crippen LogP) is 2.92. The van der Waals surface area contributed by atoms with Gasteiger partial charge in [-0.15, -0.1) is 0 Å². The molecular weight excluding hydrogens is 319 g/mol. The maximum atomic E-state index is 12.9. The molecule has 2 amide bonds. The van der Waals surface area contributed by atoms with Crippen molar-refractivity contribution in [1.82, 2.24) is 4.90 Å². The van der Waals surface area contributed by atoms with E-state index in [2.05, 4.69) is 21.2 Å². The second-order valence-electron chi connectivity index (χ2n) is 4.48. The molecule has 0 saturated heterocycles. The largest absolute Gasteiger partial charge is 0.480 e. The van der Waals surface area contributed by atoms with Crippen LogP contribution in [0.15, 0.2) is 22.7 Å². The lowest BCUT2D eigenvalue weighted by molar-refractivity contribution is -0.146. The zero-order chi connectivity index (χ0) is 14.8. The Labute approximate surface area is 118 Å². The number of urea groups is 1. The summed E-state index contributed by atoms with van der Waals surface area (Å²) in [6, 6.07) is 3.19. The molecule has 0 spiro atoms. The van der Waals surface area contributed by atoms with Crippen LogP contribution in [0.1, 0.15) is 13.8 Å². The van der Waals surface area contributed by atoms with Crippen LogP contribution in [0.3, 0.4) is 0 Å². The Morgan fingerprint density at radius 2 is 2.00 bits per heavy atom. The average Bonchev–Trinajstić information content (AvgIpc) is 2.31. The summed E-state index contributed by atoms with van der Waals surface area (Å²) in [6.45, 7) is 2.82. The molecule has 1 aromatic carbocycles. The van der Waals surface area contributed by atoms with Gasteiger partial charge < -0.3 is 15.3 Å². The third-order valence-electron chi connectivity index (χ3n) is 2.84. The van der Waals surface area contributed by atoms with Gasteiger partial charge in [-0.25, -0.2) is 14.0 Å². The third kappa shape index (κ3) is 3.44. The number of rotatable bonds is 3. The maximum absolute atomic E-state index is 12.9. The number of carboxylic acid groups (broad SMARTS) is 1. The number of aliphatic carboxylic acids is 1. The first-order valence-electron chi connectivity index (χ1n) is 5.39. The third-order valence-corrected chi connectivity index (χ3v) is 3.50. The Hall–Kier alpha value is -1.63. The summed E-state index contributed by atoms with van der Waals surface area (Å²) in [5, 5.41) is 11.5. The summed E-state index contributed by atoms with van der Waals surface area (Å²) in [6.07, 6.45) is 0. The van der Waals surface area contributed by atoms with Crippen molar-refractivity contribution >= 4 is 33.6 Å². The molecule has 5 nitrogen and oxygen atoms in total. The molecule has 0 aliphatic heterocycles. The van der Waals surface area contributed by atoms with Crippen LogP contribution in [-0.4, -0.2) is 34.6 Å². The van der Waals surface area contributed by atoms with E-state index in [4.69, 9.17) is 5.11 Å². The Morgan fingerprint density at radius 3 is 2.47 bits per heavy atom. The molecule has 1 rings (SSSR count). The first kappa shape index (κ1) is 15.4. The summed E-state index contributed by atoms with van der Waals surface area (Å²) >= 11 is 3.11. The summed E-state index contributed by atoms with van der Waals surface area (Å²) in [7, 11) is 1.38. The number of nitrogens with one attached hydrogen (secondary N) is 1. The lowest BCUT2D eigenvalue weighted by Crippen LogP contribution is -2.52. The van der Waals surface area contributed by atoms with Crippen LogP contribution in [-0.2, 0) is 4.79 Å². The van der Waals surface area contributed by atoms with E-state index in [1.54, 1.807) is 0 Å². The average molecular weight is 333 g/mol. The van der Waals surface area contributed by atoms with Gasteiger partial charge in [-0.3, -0.25) is 0 Å². The van der Waals surface area contributed by atoms with E-state index in [0.29, 0.717) is 10.2 Å². The topological polar surface area (TPSA) is 69.6 Å². The minimum Gasteiger partial charge on any atom is -0.480 e. The van der Waals surface area contributed by atoms with Gasteiger partial charge in [-0.1, -0.05) is 0 Å². The molecule has 104 valence electrons. The van der Waals surface area contributed by atoms with E-state index in [1.807, 2.05) is 0 Å². The van der Waals surface area contributed by atoms with Crippen LogP contribution in [0.4, 0.5) is 14.9 Å². The van der Waals surface area contributed by atoms with E-state index in [1.165, 1.54) is 39.1 Å². The van der Waals surface area contributed by atoms with Crippen molar-refractivity contribution in [2.24, 2.45) is 0 Å². The molecular formula is C12H14BrFN2O3. The van der Waals surface area contributed by atoms with Gasteiger partial charge in [-0.2, -0.15) is 0 Å². The molecule has 0 saturated carbocycles. The zero-order valence-electron chi connectivity index (χ0n) is 10.7. The highest BCUT2D eigenvalue weighted by molar-refractivity contribution is 9.10. The molecule has 0 aliphatic carbocycles. The summed E-state index contributed by atoms with van der Waals surface area (Å²) in [5.74, 6) is -1.56. The van der Waals surface area contributed by atoms with Crippen LogP contribution in [0.5, 0.6) is 0 Å². The standard InChI is InChI=1S/C12H14BrFN2O3/c1-12(2,10(17)18)16(3)11(19)15-9-5-4-7(14)6-8(9)13/h4-6H,1-3H3,(H,15,19)(H,17,18). The van der Waals surface area contributed by atoms with Crippen LogP contribution in [0, 0.1) is 5.82 Å². The molecule has 0 heterocycles. The van der Waals surface area contributed by atoms with Gasteiger partial charge in [0.05, 0.1) is 5.69 Å². The maximum Gasteiger partial charge on any atom is 0.329 e. The Kier molecular flexibility index (Phi) is 4.52. The molecule has 19 heavy (non-hydrogen) atoms. The van der Waals surface area contributed by atoms with E-state index in [0.717, 1.165) is 4.90 Å². The van der Waals surface area contributed by atoms with E-state index >= 15 is 0 Å². The second kappa shape index (κ2) is 5.56. The van der Waals surface area contributed by atoms with Crippen LogP contribution >= 0.6 is 15.9 Å². The first-order valence-corrected chi connectivity index (χ1v) is 6.19. The molecule has 0 aliphatic rings. The number of carbonyl (C=O) groups is 2. The fourth-order valence-corrected chi connectivity index (χ4v) is 1.64. The summed E-state index contributed by atoms with van der Waals surface area (Å²) in [4.78, 5) is 24.0. The monoisotopic (exact) mass is 332 g/mol. The number of carbonyl (C=O) groups excluding carboxylic acids is 1. The highest BCUT2D eigenvalue weighted by atomic mass is 79.9. The highest BCUT2D eigenvalue weighted by Gasteiger charge is 2.35. The number of benzene rings is 1. The van der Waals surface area contributed by atoms with Gasteiger partial charge >= 0.3 is 12.0 Å². The molecule has 1 aromatic rings. The SMILES string of the molecule is CN(C(=O)Nc1ccc(F)cc1Br)C(C)(C)C(=O)O. The number of carboxylic acids is 1. The van der Waals surface area contributed by atoms with Gasteiger partial charge in [0.1, 0.15) is 11.4 Å². The number of hydrogen-bond acceptors (Lipinski definition) is 2. The predicted molar refractivity (Wildman–Crippen MR) is 72.6 cm³/mol. The fourth-order valence-electron chi connectivity index (χ4n) is 1.19. The van der Waals surface area contributed by atoms with Gasteiger partial charge in [0.15, 0.2) is 0 Å². The Bertz CT molecular complexity index is 520. The minimum atomic E-state index is -1.35. The summed E-state index contributed by atoms with van der Waals surface area (Å²) in [5.41, 5.74) is -0.990. The first-order chi connectivity index (χ1) is 8.66. The van der Waals surface area contributed by atoms with Crippen molar-refractivity contribution in [3.05, 3.63) is 28.5 Å². The number of likely N-dealkylation sites (N-methyl/N-ethyl adjacent to an activating group) is 1. The molecule has 0 unspecified atom stereocenters. The van der Waals surface area contributed by atoms with Gasteiger partial charge in [-0.05, 0) is 48.0 Å². The molecule has 0 atom stereocenters. The fraction of sp³-hybridized carbons (Fsp3) is 0.333. The van der Waals surface area contributed by atoms with Crippen molar-refractivity contribution < 1.29 is 19.1 Å². The normalized spacial score (nSPS) is 11.0. The van der Waals surface area contributed by atoms with Crippen molar-refractivity contribution in [1.29, 1.82) is 0 Å². The van der Waals surface area contributed by atoms with Crippen molar-refractivity contribution in [2.75, 3.05) is 12.4 Å². The molecule has 0 bridgehead atoms. The lowest BCUT2D eigenvalue weighted by Gasteiger charge is -2.31. The van der Waals surface area contributed by atoms with Gasteiger partial charge in [0.25, 0.3) is 0 Å². The quantitative estimate of drug-likeness (QED) is 0.894. The molecule has 0 radical (unpaired) electrons. The molecule has 0 fully saturated rings. The number of amides is 2. The highest BCUT2D eigenvalue weighted by Crippen LogP contribution is 2.24. The minimum absolute atomic E-state index is 0.361. The zero-order valence-corrected chi connectivity index (χ0v) is 12.3. The number of hydrogen-bond donors (Lipinski definition) is 2. The molecule has 7 heteroatoms. The number of halogens is 2. The molecule has 2 N–H and O–H groups in total. The van der Waals surface area contributed by atoms with Crippen molar-refractivity contribution in [2.45, 2.75) is 19.4 Å². The smallest absolute Gasteiger partial charge is 0.329 e. The van der Waals surface area contributed by atoms with Crippen molar-refractivity contribution in [3.63, 3.8) is 0 Å². The van der Waals surface area contributed by atoms with Crippen molar-refractivity contribution in [3.8, 4) is 0 Å². The Balaban J connectivity index is 2.88. The van der Waals surface area contributed by atoms with Gasteiger partial charge in [0, 0.05) is 11.5 Å². The number of nitrogens with zero attached hydrogens (tertiary/aromatic N) is 1. The number of anilines is 1. The lowest BCUT2D eigenvalue weighted by atomic mass is 10.1. The second-order valence-corrected chi connectivity index (χ2v) is 5.33. The van der Waals surface area contributed by atoms with Crippen LogP contribution < -0.4 is 5.32 Å². The molecule has 0 aromatic heterocycles. The Morgan fingerprint density at radius 1 is 1.42 bits per heavy atom. The van der Waals surface area contributed by atoms with E-state index in [9.17, 15) is 14.0 Å².